The van der Waals surface area contributed by atoms with Crippen molar-refractivity contribution in [2.24, 2.45) is 0 Å². The van der Waals surface area contributed by atoms with Crippen molar-refractivity contribution in [1.82, 2.24) is 0 Å². The molecule has 9 rings (SSSR count). The molecule has 0 saturated heterocycles. The number of aliphatic hydroxyl groups is 2. The minimum Gasteiger partial charge on any atom is -0.376 e. The van der Waals surface area contributed by atoms with E-state index in [0.29, 0.717) is 0 Å². The lowest BCUT2D eigenvalue weighted by atomic mass is 9.69. The Balaban J connectivity index is 1.55. The first kappa shape index (κ1) is 39.9. The summed E-state index contributed by atoms with van der Waals surface area (Å²) in [7, 11) is 0. The van der Waals surface area contributed by atoms with Crippen LogP contribution >= 0.6 is 0 Å². The zero-order chi connectivity index (χ0) is 42.8. The van der Waals surface area contributed by atoms with Crippen molar-refractivity contribution in [3.05, 3.63) is 199 Å². The van der Waals surface area contributed by atoms with Gasteiger partial charge >= 0.3 is 0 Å². The maximum absolute atomic E-state index is 14.6. The van der Waals surface area contributed by atoms with Gasteiger partial charge < -0.3 is 10.2 Å². The van der Waals surface area contributed by atoms with E-state index in [1.807, 2.05) is 0 Å². The van der Waals surface area contributed by atoms with Crippen LogP contribution in [0.3, 0.4) is 0 Å². The van der Waals surface area contributed by atoms with Crippen molar-refractivity contribution >= 4 is 0 Å². The SMILES string of the molecule is Cc1cc(C)c(C2(O)c3cc(C(C)(C)C)ccc3-c3ccccc3-c3cc4c(cc32)C(O)(c2c(C)cc(C)cc2C)c2cc(C(C)(C)C)ccc2-c2ccccc2-4)c(C)c1. The Bertz CT molecular complexity index is 2690. The molecule has 0 aliphatic heterocycles. The molecule has 60 heavy (non-hydrogen) atoms. The maximum Gasteiger partial charge on any atom is 0.142 e. The second kappa shape index (κ2) is 13.5. The van der Waals surface area contributed by atoms with Crippen LogP contribution in [-0.2, 0) is 22.0 Å². The first-order chi connectivity index (χ1) is 28.2. The van der Waals surface area contributed by atoms with Gasteiger partial charge in [0, 0.05) is 22.3 Å². The summed E-state index contributed by atoms with van der Waals surface area (Å²) in [5, 5.41) is 29.1. The van der Waals surface area contributed by atoms with Crippen molar-refractivity contribution < 1.29 is 10.2 Å². The van der Waals surface area contributed by atoms with Crippen molar-refractivity contribution in [2.75, 3.05) is 0 Å². The van der Waals surface area contributed by atoms with E-state index in [1.54, 1.807) is 0 Å². The van der Waals surface area contributed by atoms with Crippen LogP contribution in [0.1, 0.15) is 119 Å². The van der Waals surface area contributed by atoms with Crippen molar-refractivity contribution in [3.8, 4) is 44.5 Å². The van der Waals surface area contributed by atoms with Gasteiger partial charge in [-0.3, -0.25) is 0 Å². The zero-order valence-electron chi connectivity index (χ0n) is 37.4. The Labute approximate surface area is 357 Å². The molecule has 7 aromatic carbocycles. The summed E-state index contributed by atoms with van der Waals surface area (Å²) in [6, 6.07) is 44.0. The van der Waals surface area contributed by atoms with E-state index in [0.717, 1.165) is 122 Å². The monoisotopic (exact) mass is 786 g/mol. The van der Waals surface area contributed by atoms with E-state index in [-0.39, 0.29) is 10.8 Å². The zero-order valence-corrected chi connectivity index (χ0v) is 37.4. The predicted octanol–water partition coefficient (Wildman–Crippen LogP) is 14.0. The number of rotatable bonds is 2. The minimum absolute atomic E-state index is 0.172. The molecule has 0 radical (unpaired) electrons. The van der Waals surface area contributed by atoms with E-state index >= 15 is 0 Å². The molecule has 2 aliphatic carbocycles. The molecular formula is C58H58O2. The van der Waals surface area contributed by atoms with Gasteiger partial charge in [0.15, 0.2) is 0 Å². The first-order valence-electron chi connectivity index (χ1n) is 21.5. The fraction of sp³-hybridized carbons (Fsp3) is 0.276. The highest BCUT2D eigenvalue weighted by Gasteiger charge is 2.48. The van der Waals surface area contributed by atoms with Crippen LogP contribution in [0.5, 0.6) is 0 Å². The Morgan fingerprint density at radius 3 is 0.950 bits per heavy atom. The van der Waals surface area contributed by atoms with Gasteiger partial charge in [0.2, 0.25) is 0 Å². The molecule has 7 aromatic rings. The molecule has 0 fully saturated rings. The third-order valence-electron chi connectivity index (χ3n) is 13.6. The van der Waals surface area contributed by atoms with Crippen molar-refractivity contribution in [1.29, 1.82) is 0 Å². The summed E-state index contributed by atoms with van der Waals surface area (Å²) in [6.45, 7) is 26.2. The molecule has 0 amide bonds. The topological polar surface area (TPSA) is 40.5 Å². The van der Waals surface area contributed by atoms with E-state index < -0.39 is 11.2 Å². The lowest BCUT2D eigenvalue weighted by Crippen LogP contribution is -2.35. The highest BCUT2D eigenvalue weighted by molar-refractivity contribution is 5.97. The Kier molecular flexibility index (Phi) is 8.97. The molecule has 0 saturated carbocycles. The molecule has 2 unspecified atom stereocenters. The largest absolute Gasteiger partial charge is 0.376 e. The lowest BCUT2D eigenvalue weighted by Gasteiger charge is -2.39. The highest BCUT2D eigenvalue weighted by Crippen LogP contribution is 2.58. The van der Waals surface area contributed by atoms with E-state index in [9.17, 15) is 10.2 Å². The van der Waals surface area contributed by atoms with Gasteiger partial charge in [-0.05, 0) is 154 Å². The van der Waals surface area contributed by atoms with E-state index in [2.05, 4.69) is 204 Å². The Hall–Kier alpha value is -5.54. The van der Waals surface area contributed by atoms with Gasteiger partial charge in [-0.1, -0.05) is 162 Å². The molecule has 0 aromatic heterocycles. The number of benzene rings is 7. The van der Waals surface area contributed by atoms with Crippen LogP contribution in [0.4, 0.5) is 0 Å². The van der Waals surface area contributed by atoms with Gasteiger partial charge in [-0.2, -0.15) is 0 Å². The van der Waals surface area contributed by atoms with Crippen LogP contribution < -0.4 is 0 Å². The maximum atomic E-state index is 14.6. The molecule has 302 valence electrons. The molecule has 0 heterocycles. The molecule has 0 spiro atoms. The quantitative estimate of drug-likeness (QED) is 0.183. The van der Waals surface area contributed by atoms with Gasteiger partial charge in [-0.25, -0.2) is 0 Å². The summed E-state index contributed by atoms with van der Waals surface area (Å²) >= 11 is 0. The molecular weight excluding hydrogens is 729 g/mol. The molecule has 2 heteroatoms. The lowest BCUT2D eigenvalue weighted by molar-refractivity contribution is 0.119. The standard InChI is InChI=1S/C58H58O2/c1-33-25-35(3)53(36(4)26-33)57(59)49-29-39(55(7,8)9)21-23-45(49)41-17-13-15-19-43(41)47-31-48-44-20-16-14-18-42(44)46-24-22-40(56(10,11)12)30-50(46)58(60,52(48)32-51(47)57)54-37(5)27-34(2)28-38(54)6/h13-32,59-60H,1-12H3. The third kappa shape index (κ3) is 5.82. The summed E-state index contributed by atoms with van der Waals surface area (Å²) in [5.41, 5.74) is 18.3. The number of hydrogen-bond acceptors (Lipinski definition) is 2. The fourth-order valence-corrected chi connectivity index (χ4v) is 11.0. The Morgan fingerprint density at radius 2 is 0.633 bits per heavy atom. The third-order valence-corrected chi connectivity index (χ3v) is 13.6. The second-order valence-electron chi connectivity index (χ2n) is 20.0. The van der Waals surface area contributed by atoms with Crippen LogP contribution in [0.2, 0.25) is 0 Å². The van der Waals surface area contributed by atoms with E-state index in [1.165, 1.54) is 0 Å². The molecule has 0 bridgehead atoms. The highest BCUT2D eigenvalue weighted by atomic mass is 16.3. The van der Waals surface area contributed by atoms with Gasteiger partial charge in [0.05, 0.1) is 0 Å². The van der Waals surface area contributed by atoms with E-state index in [4.69, 9.17) is 0 Å². The smallest absolute Gasteiger partial charge is 0.142 e. The second-order valence-corrected chi connectivity index (χ2v) is 20.0. The summed E-state index contributed by atoms with van der Waals surface area (Å²) in [5.74, 6) is 0. The molecule has 2 N–H and O–H groups in total. The van der Waals surface area contributed by atoms with Crippen molar-refractivity contribution in [2.45, 2.75) is 105 Å². The predicted molar refractivity (Wildman–Crippen MR) is 251 cm³/mol. The molecule has 2 aliphatic rings. The average Bonchev–Trinajstić information content (AvgIpc) is 3.32. The van der Waals surface area contributed by atoms with Crippen LogP contribution in [0.25, 0.3) is 44.5 Å². The van der Waals surface area contributed by atoms with Crippen LogP contribution in [-0.4, -0.2) is 10.2 Å². The normalized spacial score (nSPS) is 18.0. The number of fused-ring (bicyclic) bond motifs is 10. The van der Waals surface area contributed by atoms with Crippen LogP contribution in [0, 0.1) is 41.5 Å². The Morgan fingerprint density at radius 1 is 0.333 bits per heavy atom. The van der Waals surface area contributed by atoms with Gasteiger partial charge in [0.1, 0.15) is 11.2 Å². The molecule has 2 atom stereocenters. The minimum atomic E-state index is -1.61. The molecule has 2 nitrogen and oxygen atoms in total. The number of aryl methyl sites for hydroxylation is 6. The summed E-state index contributed by atoms with van der Waals surface area (Å²) < 4.78 is 0. The van der Waals surface area contributed by atoms with Crippen molar-refractivity contribution in [3.63, 3.8) is 0 Å². The average molecular weight is 787 g/mol. The summed E-state index contributed by atoms with van der Waals surface area (Å²) in [6.07, 6.45) is 0. The fourth-order valence-electron chi connectivity index (χ4n) is 11.0. The van der Waals surface area contributed by atoms with Crippen LogP contribution in [0.15, 0.2) is 121 Å². The summed E-state index contributed by atoms with van der Waals surface area (Å²) in [4.78, 5) is 0. The number of hydrogen-bond donors (Lipinski definition) is 2. The first-order valence-corrected chi connectivity index (χ1v) is 21.5. The van der Waals surface area contributed by atoms with Gasteiger partial charge in [-0.15, -0.1) is 0 Å². The van der Waals surface area contributed by atoms with Gasteiger partial charge in [0.25, 0.3) is 0 Å².